The molecule has 2 atom stereocenters. The van der Waals surface area contributed by atoms with Crippen LogP contribution < -0.4 is 0 Å². The summed E-state index contributed by atoms with van der Waals surface area (Å²) < 4.78 is 89.4. The van der Waals surface area contributed by atoms with E-state index in [1.165, 1.54) is 6.20 Å². The van der Waals surface area contributed by atoms with Crippen molar-refractivity contribution in [2.24, 2.45) is 23.2 Å². The molecule has 0 bridgehead atoms. The van der Waals surface area contributed by atoms with E-state index in [4.69, 9.17) is 0 Å². The lowest BCUT2D eigenvalue weighted by Gasteiger charge is -2.31. The molecule has 10 heteroatoms. The van der Waals surface area contributed by atoms with Gasteiger partial charge in [-0.1, -0.05) is 48.5 Å². The van der Waals surface area contributed by atoms with Crippen LogP contribution in [0.4, 0.5) is 30.7 Å². The van der Waals surface area contributed by atoms with Gasteiger partial charge in [-0.3, -0.25) is 9.58 Å². The van der Waals surface area contributed by atoms with E-state index in [1.54, 1.807) is 17.9 Å². The summed E-state index contributed by atoms with van der Waals surface area (Å²) in [6.07, 6.45) is -5.00. The zero-order valence-electron chi connectivity index (χ0n) is 23.7. The zero-order chi connectivity index (χ0) is 29.2. The molecule has 218 valence electrons. The fourth-order valence-corrected chi connectivity index (χ4v) is 5.99. The number of aryl methyl sites for hydroxylation is 1. The Morgan fingerprint density at radius 1 is 0.947 bits per heavy atom. The third-order valence-electron chi connectivity index (χ3n) is 7.92. The monoisotopic (exact) mass is 553 g/mol. The number of hydrogen-bond acceptors (Lipinski definition) is 2. The Bertz CT molecular complexity index is 1040. The van der Waals surface area contributed by atoms with Crippen LogP contribution in [-0.4, -0.2) is 46.7 Å². The van der Waals surface area contributed by atoms with Gasteiger partial charge in [0.1, 0.15) is 12.1 Å². The number of benzene rings is 1. The molecule has 1 aromatic carbocycles. The highest BCUT2D eigenvalue weighted by Gasteiger charge is 2.49. The van der Waals surface area contributed by atoms with Crippen molar-refractivity contribution in [1.82, 2.24) is 14.7 Å². The molecule has 2 unspecified atom stereocenters. The van der Waals surface area contributed by atoms with Crippen molar-refractivity contribution in [3.05, 3.63) is 29.2 Å². The highest BCUT2D eigenvalue weighted by atomic mass is 19.4. The minimum atomic E-state index is -4.42. The number of rotatable bonds is 4. The summed E-state index contributed by atoms with van der Waals surface area (Å²) in [6, 6.07) is 1.67. The average molecular weight is 554 g/mol. The van der Waals surface area contributed by atoms with Crippen LogP contribution >= 0.6 is 0 Å². The number of nitrogens with zero attached hydrogens (tertiary/aromatic N) is 3. The van der Waals surface area contributed by atoms with Gasteiger partial charge in [0, 0.05) is 18.5 Å². The number of fused-ring (bicyclic) bond motifs is 2. The molecule has 2 heterocycles. The Morgan fingerprint density at radius 2 is 1.45 bits per heavy atom. The van der Waals surface area contributed by atoms with E-state index in [1.807, 2.05) is 27.7 Å². The number of alkyl halides is 6. The van der Waals surface area contributed by atoms with E-state index in [2.05, 4.69) is 25.9 Å². The molecule has 1 saturated carbocycles. The van der Waals surface area contributed by atoms with Gasteiger partial charge in [-0.15, -0.1) is 0 Å². The molecule has 3 nitrogen and oxygen atoms in total. The number of aromatic nitrogens is 2. The zero-order valence-corrected chi connectivity index (χ0v) is 23.7. The van der Waals surface area contributed by atoms with Crippen molar-refractivity contribution in [2.75, 3.05) is 19.6 Å². The Hall–Kier alpha value is -1.84. The molecule has 2 fully saturated rings. The quantitative estimate of drug-likeness (QED) is 0.353. The lowest BCUT2D eigenvalue weighted by Crippen LogP contribution is -2.34. The van der Waals surface area contributed by atoms with Crippen LogP contribution in [0.3, 0.4) is 0 Å². The molecular weight excluding hydrogens is 511 g/mol. The third-order valence-corrected chi connectivity index (χ3v) is 7.92. The lowest BCUT2D eigenvalue weighted by molar-refractivity contribution is -0.144. The first-order chi connectivity index (χ1) is 17.4. The summed E-state index contributed by atoms with van der Waals surface area (Å²) in [7, 11) is 0. The summed E-state index contributed by atoms with van der Waals surface area (Å²) >= 11 is 0. The lowest BCUT2D eigenvalue weighted by atomic mass is 9.76. The number of halogens is 7. The molecule has 0 amide bonds. The summed E-state index contributed by atoms with van der Waals surface area (Å²) in [5.74, 6) is 0.907. The van der Waals surface area contributed by atoms with E-state index in [-0.39, 0.29) is 11.4 Å². The van der Waals surface area contributed by atoms with Gasteiger partial charge >= 0.3 is 12.4 Å². The largest absolute Gasteiger partial charge is 0.408 e. The molecule has 2 aromatic rings. The van der Waals surface area contributed by atoms with Crippen molar-refractivity contribution in [3.8, 4) is 0 Å². The molecule has 0 N–H and O–H groups in total. The minimum absolute atomic E-state index is 0.0772. The normalized spacial score (nSPS) is 23.9. The molecule has 0 spiro atoms. The van der Waals surface area contributed by atoms with Crippen molar-refractivity contribution in [3.63, 3.8) is 0 Å². The Balaban J connectivity index is 0.000000252. The van der Waals surface area contributed by atoms with E-state index in [0.29, 0.717) is 51.9 Å². The first-order valence-electron chi connectivity index (χ1n) is 13.4. The van der Waals surface area contributed by atoms with E-state index in [9.17, 15) is 30.7 Å². The Morgan fingerprint density at radius 3 is 1.87 bits per heavy atom. The maximum atomic E-state index is 14.4. The first-order valence-corrected chi connectivity index (χ1v) is 13.4. The van der Waals surface area contributed by atoms with Gasteiger partial charge in [-0.25, -0.2) is 4.39 Å². The van der Waals surface area contributed by atoms with E-state index < -0.39 is 31.3 Å². The molecule has 38 heavy (non-hydrogen) atoms. The number of likely N-dealkylation sites (tertiary alicyclic amines) is 1. The van der Waals surface area contributed by atoms with Gasteiger partial charge in [0.25, 0.3) is 0 Å². The van der Waals surface area contributed by atoms with Crippen LogP contribution in [0.25, 0.3) is 10.9 Å². The second-order valence-corrected chi connectivity index (χ2v) is 11.5. The van der Waals surface area contributed by atoms with Crippen molar-refractivity contribution >= 4 is 10.9 Å². The standard InChI is InChI=1S/C13H14F4N2.C13H22F3N.C2H6/c1-7(2)10-8(3)4-9-5-18-19(6-13(15,16)17)12(9)11(10)14;1-9(2)12(3)4-10-6-17(7-11(10)5-12)8-13(14,15)16;1-2/h4-5,7H,6H2,1-3H3;9-11H,4-8H2,1-3H3;1-2H3. The highest BCUT2D eigenvalue weighted by molar-refractivity contribution is 5.81. The molecule has 1 aromatic heterocycles. The molecule has 1 aliphatic carbocycles. The Labute approximate surface area is 221 Å². The van der Waals surface area contributed by atoms with Crippen LogP contribution in [0.1, 0.15) is 78.4 Å². The average Bonchev–Trinajstić information content (AvgIpc) is 3.39. The van der Waals surface area contributed by atoms with Gasteiger partial charge in [0.2, 0.25) is 0 Å². The van der Waals surface area contributed by atoms with Crippen LogP contribution in [-0.2, 0) is 6.54 Å². The fraction of sp³-hybridized carbons (Fsp3) is 0.750. The smallest absolute Gasteiger partial charge is 0.294 e. The van der Waals surface area contributed by atoms with Crippen molar-refractivity contribution in [1.29, 1.82) is 0 Å². The third kappa shape index (κ3) is 7.85. The fourth-order valence-electron chi connectivity index (χ4n) is 5.99. The second kappa shape index (κ2) is 12.1. The Kier molecular flexibility index (Phi) is 10.3. The SMILES string of the molecule is CC.CC(C)C1(C)CC2CN(CC(F)(F)F)CC2C1.Cc1cc2cnn(CC(F)(F)F)c2c(F)c1C(C)C. The van der Waals surface area contributed by atoms with Crippen LogP contribution in [0, 0.1) is 35.9 Å². The highest BCUT2D eigenvalue weighted by Crippen LogP contribution is 2.52. The second-order valence-electron chi connectivity index (χ2n) is 11.5. The molecular formula is C28H42F7N3. The topological polar surface area (TPSA) is 21.1 Å². The van der Waals surface area contributed by atoms with Gasteiger partial charge < -0.3 is 0 Å². The predicted molar refractivity (Wildman–Crippen MR) is 138 cm³/mol. The summed E-state index contributed by atoms with van der Waals surface area (Å²) in [6.45, 7) is 15.4. The van der Waals surface area contributed by atoms with Gasteiger partial charge in [0.15, 0.2) is 5.82 Å². The number of hydrogen-bond donors (Lipinski definition) is 0. The van der Waals surface area contributed by atoms with E-state index in [0.717, 1.165) is 18.4 Å². The molecule has 0 radical (unpaired) electrons. The summed E-state index contributed by atoms with van der Waals surface area (Å²) in [4.78, 5) is 1.59. The van der Waals surface area contributed by atoms with Crippen LogP contribution in [0.15, 0.2) is 12.3 Å². The summed E-state index contributed by atoms with van der Waals surface area (Å²) in [5.41, 5.74) is 1.44. The summed E-state index contributed by atoms with van der Waals surface area (Å²) in [5, 5.41) is 4.03. The molecule has 4 rings (SSSR count). The van der Waals surface area contributed by atoms with Gasteiger partial charge in [0.05, 0.1) is 12.7 Å². The van der Waals surface area contributed by atoms with E-state index >= 15 is 0 Å². The maximum Gasteiger partial charge on any atom is 0.408 e. The van der Waals surface area contributed by atoms with Crippen LogP contribution in [0.5, 0.6) is 0 Å². The molecule has 2 aliphatic rings. The predicted octanol–water partition coefficient (Wildman–Crippen LogP) is 8.75. The first kappa shape index (κ1) is 32.4. The van der Waals surface area contributed by atoms with Crippen molar-refractivity contribution in [2.45, 2.75) is 93.0 Å². The van der Waals surface area contributed by atoms with Crippen LogP contribution in [0.2, 0.25) is 0 Å². The van der Waals surface area contributed by atoms with Gasteiger partial charge in [-0.2, -0.15) is 31.4 Å². The molecule has 1 aliphatic heterocycles. The molecule has 1 saturated heterocycles. The minimum Gasteiger partial charge on any atom is -0.294 e. The van der Waals surface area contributed by atoms with Crippen molar-refractivity contribution < 1.29 is 30.7 Å². The van der Waals surface area contributed by atoms with Gasteiger partial charge in [-0.05, 0) is 66.0 Å². The maximum absolute atomic E-state index is 14.4.